The number of ketones is 1. The molecule has 0 fully saturated rings. The summed E-state index contributed by atoms with van der Waals surface area (Å²) in [5.74, 6) is -0.787. The number of carbonyl (C=O) groups excluding carboxylic acids is 1. The molecule has 2 rings (SSSR count). The summed E-state index contributed by atoms with van der Waals surface area (Å²) in [6.07, 6.45) is 1.39. The third-order valence-corrected chi connectivity index (χ3v) is 2.01. The zero-order valence-electron chi connectivity index (χ0n) is 7.74. The maximum Gasteiger partial charge on any atom is 0.228 e. The molecule has 0 spiro atoms. The number of hydrogen-bond acceptors (Lipinski definition) is 3. The molecular weight excluding hydrogens is 197 g/mol. The molecule has 4 heteroatoms. The van der Waals surface area contributed by atoms with Gasteiger partial charge >= 0.3 is 0 Å². The number of anilines is 1. The molecule has 0 unspecified atom stereocenters. The van der Waals surface area contributed by atoms with Crippen molar-refractivity contribution in [3.63, 3.8) is 0 Å². The van der Waals surface area contributed by atoms with Crippen LogP contribution in [0.2, 0.25) is 0 Å². The maximum absolute atomic E-state index is 13.1. The molecule has 0 amide bonds. The molecule has 1 heterocycles. The fourth-order valence-electron chi connectivity index (χ4n) is 1.22. The van der Waals surface area contributed by atoms with Gasteiger partial charge in [0, 0.05) is 5.56 Å². The van der Waals surface area contributed by atoms with Crippen molar-refractivity contribution in [1.82, 2.24) is 0 Å². The van der Waals surface area contributed by atoms with E-state index in [-0.39, 0.29) is 22.8 Å². The largest absolute Gasteiger partial charge is 0.461 e. The number of nitrogens with two attached hydrogens (primary N) is 1. The zero-order valence-corrected chi connectivity index (χ0v) is 7.74. The van der Waals surface area contributed by atoms with E-state index in [9.17, 15) is 9.18 Å². The molecule has 3 nitrogen and oxygen atoms in total. The van der Waals surface area contributed by atoms with Gasteiger partial charge in [0.1, 0.15) is 5.82 Å². The highest BCUT2D eigenvalue weighted by Crippen LogP contribution is 2.15. The van der Waals surface area contributed by atoms with E-state index in [1.165, 1.54) is 24.5 Å². The van der Waals surface area contributed by atoms with Crippen LogP contribution in [0.4, 0.5) is 10.1 Å². The second-order valence-corrected chi connectivity index (χ2v) is 3.04. The van der Waals surface area contributed by atoms with Gasteiger partial charge in [-0.05, 0) is 30.3 Å². The van der Waals surface area contributed by atoms with Gasteiger partial charge in [0.2, 0.25) is 5.78 Å². The van der Waals surface area contributed by atoms with Crippen LogP contribution < -0.4 is 5.73 Å². The number of nitrogen functional groups attached to an aromatic ring is 1. The van der Waals surface area contributed by atoms with Crippen LogP contribution in [0.25, 0.3) is 0 Å². The van der Waals surface area contributed by atoms with Gasteiger partial charge in [-0.25, -0.2) is 4.39 Å². The van der Waals surface area contributed by atoms with Crippen molar-refractivity contribution in [3.8, 4) is 0 Å². The van der Waals surface area contributed by atoms with Crippen LogP contribution in [0.1, 0.15) is 16.1 Å². The normalized spacial score (nSPS) is 10.2. The Kier molecular flexibility index (Phi) is 2.25. The quantitative estimate of drug-likeness (QED) is 0.604. The Bertz CT molecular complexity index is 491. The highest BCUT2D eigenvalue weighted by molar-refractivity contribution is 6.07. The predicted octanol–water partition coefficient (Wildman–Crippen LogP) is 2.23. The van der Waals surface area contributed by atoms with Crippen molar-refractivity contribution in [3.05, 3.63) is 53.7 Å². The minimum Gasteiger partial charge on any atom is -0.461 e. The lowest BCUT2D eigenvalue weighted by atomic mass is 10.1. The van der Waals surface area contributed by atoms with Crippen molar-refractivity contribution >= 4 is 11.5 Å². The first-order valence-corrected chi connectivity index (χ1v) is 4.31. The summed E-state index contributed by atoms with van der Waals surface area (Å²) in [5, 5.41) is 0. The molecule has 2 aromatic rings. The van der Waals surface area contributed by atoms with Crippen LogP contribution in [-0.4, -0.2) is 5.78 Å². The molecule has 0 radical (unpaired) electrons. The lowest BCUT2D eigenvalue weighted by Gasteiger charge is -2.00. The molecule has 0 aliphatic carbocycles. The molecular formula is C11H8FNO2. The van der Waals surface area contributed by atoms with E-state index in [1.54, 1.807) is 6.07 Å². The van der Waals surface area contributed by atoms with Gasteiger partial charge in [-0.15, -0.1) is 0 Å². The summed E-state index contributed by atoms with van der Waals surface area (Å²) in [6, 6.07) is 7.03. The number of benzene rings is 1. The van der Waals surface area contributed by atoms with E-state index in [2.05, 4.69) is 0 Å². The van der Waals surface area contributed by atoms with Gasteiger partial charge in [-0.3, -0.25) is 4.79 Å². The fraction of sp³-hybridized carbons (Fsp3) is 0. The van der Waals surface area contributed by atoms with Gasteiger partial charge in [0.05, 0.1) is 12.0 Å². The predicted molar refractivity (Wildman–Crippen MR) is 53.0 cm³/mol. The number of rotatable bonds is 2. The molecule has 0 saturated heterocycles. The third kappa shape index (κ3) is 1.74. The second-order valence-electron chi connectivity index (χ2n) is 3.04. The molecule has 0 aliphatic heterocycles. The summed E-state index contributed by atoms with van der Waals surface area (Å²) in [4.78, 5) is 11.7. The monoisotopic (exact) mass is 205 g/mol. The molecule has 15 heavy (non-hydrogen) atoms. The second kappa shape index (κ2) is 3.57. The van der Waals surface area contributed by atoms with E-state index in [0.29, 0.717) is 0 Å². The minimum absolute atomic E-state index is 0.0194. The van der Waals surface area contributed by atoms with E-state index < -0.39 is 5.82 Å². The first kappa shape index (κ1) is 9.45. The number of halogens is 1. The average molecular weight is 205 g/mol. The smallest absolute Gasteiger partial charge is 0.228 e. The highest BCUT2D eigenvalue weighted by Gasteiger charge is 2.12. The minimum atomic E-state index is -0.604. The third-order valence-electron chi connectivity index (χ3n) is 2.01. The summed E-state index contributed by atoms with van der Waals surface area (Å²) >= 11 is 0. The van der Waals surface area contributed by atoms with E-state index in [0.717, 1.165) is 6.07 Å². The Morgan fingerprint density at radius 3 is 2.73 bits per heavy atom. The lowest BCUT2D eigenvalue weighted by molar-refractivity contribution is 0.101. The number of hydrogen-bond donors (Lipinski definition) is 1. The van der Waals surface area contributed by atoms with E-state index in [1.807, 2.05) is 0 Å². The zero-order chi connectivity index (χ0) is 10.8. The van der Waals surface area contributed by atoms with Crippen LogP contribution in [0.15, 0.2) is 41.0 Å². The Morgan fingerprint density at radius 1 is 1.33 bits per heavy atom. The van der Waals surface area contributed by atoms with Crippen LogP contribution in [0.3, 0.4) is 0 Å². The van der Waals surface area contributed by atoms with Crippen LogP contribution in [-0.2, 0) is 0 Å². The van der Waals surface area contributed by atoms with Gasteiger partial charge in [0.25, 0.3) is 0 Å². The van der Waals surface area contributed by atoms with Crippen molar-refractivity contribution in [1.29, 1.82) is 0 Å². The lowest BCUT2D eigenvalue weighted by Crippen LogP contribution is -2.01. The molecule has 76 valence electrons. The van der Waals surface area contributed by atoms with Gasteiger partial charge in [0.15, 0.2) is 5.76 Å². The number of furan rings is 1. The topological polar surface area (TPSA) is 56.2 Å². The van der Waals surface area contributed by atoms with Crippen LogP contribution in [0, 0.1) is 5.82 Å². The first-order chi connectivity index (χ1) is 7.18. The van der Waals surface area contributed by atoms with Crippen LogP contribution >= 0.6 is 0 Å². The van der Waals surface area contributed by atoms with Gasteiger partial charge in [-0.1, -0.05) is 0 Å². The maximum atomic E-state index is 13.1. The average Bonchev–Trinajstić information content (AvgIpc) is 2.74. The Morgan fingerprint density at radius 2 is 2.13 bits per heavy atom. The van der Waals surface area contributed by atoms with Crippen molar-refractivity contribution in [2.45, 2.75) is 0 Å². The highest BCUT2D eigenvalue weighted by atomic mass is 19.1. The van der Waals surface area contributed by atoms with Crippen molar-refractivity contribution in [2.75, 3.05) is 5.73 Å². The van der Waals surface area contributed by atoms with Gasteiger partial charge < -0.3 is 10.2 Å². The Balaban J connectivity index is 2.39. The first-order valence-electron chi connectivity index (χ1n) is 4.31. The molecule has 0 atom stereocenters. The Hall–Kier alpha value is -2.10. The summed E-state index contributed by atoms with van der Waals surface area (Å²) in [5.41, 5.74) is 5.54. The molecule has 1 aromatic carbocycles. The van der Waals surface area contributed by atoms with E-state index >= 15 is 0 Å². The molecule has 2 N–H and O–H groups in total. The van der Waals surface area contributed by atoms with E-state index in [4.69, 9.17) is 10.2 Å². The SMILES string of the molecule is Nc1ccc(C(=O)c2ccco2)cc1F. The van der Waals surface area contributed by atoms with Crippen LogP contribution in [0.5, 0.6) is 0 Å². The fourth-order valence-corrected chi connectivity index (χ4v) is 1.22. The van der Waals surface area contributed by atoms with Crippen molar-refractivity contribution < 1.29 is 13.6 Å². The van der Waals surface area contributed by atoms with Crippen molar-refractivity contribution in [2.24, 2.45) is 0 Å². The summed E-state index contributed by atoms with van der Waals surface area (Å²) < 4.78 is 18.0. The Labute approximate surface area is 85.3 Å². The molecule has 0 saturated carbocycles. The standard InChI is InChI=1S/C11H8FNO2/c12-8-6-7(3-4-9(8)13)11(14)10-2-1-5-15-10/h1-6H,13H2. The van der Waals surface area contributed by atoms with Gasteiger partial charge in [-0.2, -0.15) is 0 Å². The number of carbonyl (C=O) groups is 1. The molecule has 0 aliphatic rings. The summed E-state index contributed by atoms with van der Waals surface area (Å²) in [6.45, 7) is 0. The molecule has 1 aromatic heterocycles. The summed E-state index contributed by atoms with van der Waals surface area (Å²) in [7, 11) is 0. The molecule has 0 bridgehead atoms.